The monoisotopic (exact) mass is 470 g/mol. The Labute approximate surface area is 204 Å². The molecular weight excluding hydrogens is 447 g/mol. The summed E-state index contributed by atoms with van der Waals surface area (Å²) in [6.45, 7) is 0. The zero-order valence-corrected chi connectivity index (χ0v) is 19.9. The number of hydrogen-bond acceptors (Lipinski definition) is 2. The molecule has 0 unspecified atom stereocenters. The number of phenolic OH excluding ortho intramolecular Hbond substituents is 1. The molecule has 168 valence electrons. The molecule has 0 aliphatic rings. The van der Waals surface area contributed by atoms with Gasteiger partial charge in [-0.2, -0.15) is 0 Å². The third kappa shape index (κ3) is 3.46. The van der Waals surface area contributed by atoms with Crippen LogP contribution in [-0.4, -0.2) is 5.11 Å². The summed E-state index contributed by atoms with van der Waals surface area (Å²) < 4.78 is 15.3. The van der Waals surface area contributed by atoms with Gasteiger partial charge in [0.1, 0.15) is 5.75 Å². The van der Waals surface area contributed by atoms with E-state index in [1.807, 2.05) is 109 Å². The highest BCUT2D eigenvalue weighted by atomic mass is 31.2. The van der Waals surface area contributed by atoms with Gasteiger partial charge in [0, 0.05) is 26.7 Å². The zero-order chi connectivity index (χ0) is 23.8. The minimum absolute atomic E-state index is 0.238. The molecule has 0 aromatic heterocycles. The molecule has 0 saturated carbocycles. The third-order valence-corrected chi connectivity index (χ3v) is 9.74. The van der Waals surface area contributed by atoms with E-state index in [0.29, 0.717) is 0 Å². The van der Waals surface area contributed by atoms with E-state index in [2.05, 4.69) is 18.2 Å². The summed E-state index contributed by atoms with van der Waals surface area (Å²) in [7, 11) is -3.20. The fourth-order valence-electron chi connectivity index (χ4n) is 5.06. The van der Waals surface area contributed by atoms with Gasteiger partial charge in [-0.15, -0.1) is 0 Å². The summed E-state index contributed by atoms with van der Waals surface area (Å²) >= 11 is 0. The van der Waals surface area contributed by atoms with Gasteiger partial charge in [0.2, 0.25) is 0 Å². The Kier molecular flexibility index (Phi) is 5.25. The first-order chi connectivity index (χ1) is 17.2. The van der Waals surface area contributed by atoms with Crippen molar-refractivity contribution in [1.82, 2.24) is 0 Å². The predicted octanol–water partition coefficient (Wildman–Crippen LogP) is 7.01. The van der Waals surface area contributed by atoms with Crippen molar-refractivity contribution in [2.75, 3.05) is 0 Å². The molecule has 0 fully saturated rings. The first-order valence-corrected chi connectivity index (χ1v) is 13.3. The van der Waals surface area contributed by atoms with E-state index in [0.717, 1.165) is 48.6 Å². The third-order valence-electron chi connectivity index (χ3n) is 6.63. The SMILES string of the molecule is O=P(c1ccccc1)(c1ccccc1)c1cccc2cccc(-c3cccc4cccc(O)c34)c12. The van der Waals surface area contributed by atoms with Crippen molar-refractivity contribution in [3.05, 3.63) is 133 Å². The average molecular weight is 471 g/mol. The van der Waals surface area contributed by atoms with Crippen molar-refractivity contribution in [3.63, 3.8) is 0 Å². The lowest BCUT2D eigenvalue weighted by atomic mass is 9.93. The van der Waals surface area contributed by atoms with E-state index < -0.39 is 7.14 Å². The van der Waals surface area contributed by atoms with E-state index in [1.54, 1.807) is 6.07 Å². The molecule has 0 amide bonds. The number of phenols is 1. The summed E-state index contributed by atoms with van der Waals surface area (Å²) in [5.74, 6) is 0.238. The van der Waals surface area contributed by atoms with E-state index in [4.69, 9.17) is 0 Å². The second-order valence-corrected chi connectivity index (χ2v) is 11.4. The van der Waals surface area contributed by atoms with Gasteiger partial charge in [0.15, 0.2) is 7.14 Å². The van der Waals surface area contributed by atoms with Crippen molar-refractivity contribution >= 4 is 44.6 Å². The lowest BCUT2D eigenvalue weighted by Gasteiger charge is -2.23. The number of hydrogen-bond donors (Lipinski definition) is 1. The van der Waals surface area contributed by atoms with E-state index >= 15 is 4.57 Å². The van der Waals surface area contributed by atoms with E-state index in [9.17, 15) is 5.11 Å². The van der Waals surface area contributed by atoms with Gasteiger partial charge in [-0.1, -0.05) is 127 Å². The quantitative estimate of drug-likeness (QED) is 0.282. The molecule has 0 radical (unpaired) electrons. The van der Waals surface area contributed by atoms with Crippen molar-refractivity contribution in [1.29, 1.82) is 0 Å². The Balaban J connectivity index is 1.76. The van der Waals surface area contributed by atoms with Gasteiger partial charge in [-0.05, 0) is 28.0 Å². The van der Waals surface area contributed by atoms with Crippen LogP contribution in [0.15, 0.2) is 133 Å². The standard InChI is InChI=1S/C32H23O2P/c33-29-21-9-13-23-11-7-19-27(31(23)29)28-20-8-12-24-14-10-22-30(32(24)28)35(34,25-15-3-1-4-16-25)26-17-5-2-6-18-26/h1-22,33H. The highest BCUT2D eigenvalue weighted by molar-refractivity contribution is 7.85. The van der Waals surface area contributed by atoms with Crippen LogP contribution >= 0.6 is 7.14 Å². The van der Waals surface area contributed by atoms with Crippen LogP contribution in [0.5, 0.6) is 5.75 Å². The van der Waals surface area contributed by atoms with Gasteiger partial charge in [0.25, 0.3) is 0 Å². The number of fused-ring (bicyclic) bond motifs is 2. The summed E-state index contributed by atoms with van der Waals surface area (Å²) in [6.07, 6.45) is 0. The van der Waals surface area contributed by atoms with Gasteiger partial charge >= 0.3 is 0 Å². The van der Waals surface area contributed by atoms with Crippen molar-refractivity contribution < 1.29 is 9.67 Å². The Bertz CT molecular complexity index is 1670. The molecule has 35 heavy (non-hydrogen) atoms. The van der Waals surface area contributed by atoms with Crippen LogP contribution in [0.3, 0.4) is 0 Å². The number of benzene rings is 6. The van der Waals surface area contributed by atoms with E-state index in [-0.39, 0.29) is 5.75 Å². The lowest BCUT2D eigenvalue weighted by molar-refractivity contribution is 0.482. The number of aromatic hydroxyl groups is 1. The highest BCUT2D eigenvalue weighted by Crippen LogP contribution is 2.47. The van der Waals surface area contributed by atoms with Gasteiger partial charge in [-0.3, -0.25) is 0 Å². The first kappa shape index (κ1) is 21.4. The van der Waals surface area contributed by atoms with Crippen LogP contribution in [0.1, 0.15) is 0 Å². The summed E-state index contributed by atoms with van der Waals surface area (Å²) in [5.41, 5.74) is 1.88. The van der Waals surface area contributed by atoms with Gasteiger partial charge in [-0.25, -0.2) is 0 Å². The van der Waals surface area contributed by atoms with E-state index in [1.165, 1.54) is 0 Å². The van der Waals surface area contributed by atoms with Crippen molar-refractivity contribution in [3.8, 4) is 16.9 Å². The number of rotatable bonds is 4. The van der Waals surface area contributed by atoms with Crippen LogP contribution in [-0.2, 0) is 4.57 Å². The molecule has 6 rings (SSSR count). The second-order valence-electron chi connectivity index (χ2n) is 8.64. The molecule has 1 N–H and O–H groups in total. The van der Waals surface area contributed by atoms with Crippen LogP contribution in [0.2, 0.25) is 0 Å². The van der Waals surface area contributed by atoms with Gasteiger partial charge < -0.3 is 9.67 Å². The summed E-state index contributed by atoms with van der Waals surface area (Å²) in [6, 6.07) is 43.3. The maximum absolute atomic E-state index is 15.3. The first-order valence-electron chi connectivity index (χ1n) is 11.6. The normalized spacial score (nSPS) is 11.7. The molecule has 0 heterocycles. The van der Waals surface area contributed by atoms with Crippen LogP contribution in [0, 0.1) is 0 Å². The van der Waals surface area contributed by atoms with Crippen molar-refractivity contribution in [2.45, 2.75) is 0 Å². The molecule has 3 heteroatoms. The van der Waals surface area contributed by atoms with Crippen molar-refractivity contribution in [2.24, 2.45) is 0 Å². The Morgan fingerprint density at radius 3 is 1.49 bits per heavy atom. The molecule has 6 aromatic carbocycles. The fourth-order valence-corrected chi connectivity index (χ4v) is 7.96. The minimum atomic E-state index is -3.20. The smallest absolute Gasteiger partial charge is 0.171 e. The van der Waals surface area contributed by atoms with Crippen LogP contribution in [0.25, 0.3) is 32.7 Å². The largest absolute Gasteiger partial charge is 0.507 e. The average Bonchev–Trinajstić information content (AvgIpc) is 2.93. The molecule has 2 nitrogen and oxygen atoms in total. The van der Waals surface area contributed by atoms with Crippen LogP contribution in [0.4, 0.5) is 0 Å². The Hall–Kier alpha value is -4.13. The molecule has 0 saturated heterocycles. The molecule has 0 atom stereocenters. The molecule has 0 spiro atoms. The summed E-state index contributed by atoms with van der Waals surface area (Å²) in [5, 5.41) is 16.9. The molecular formula is C32H23O2P. The van der Waals surface area contributed by atoms with Crippen LogP contribution < -0.4 is 15.9 Å². The molecule has 6 aromatic rings. The minimum Gasteiger partial charge on any atom is -0.507 e. The molecule has 0 bridgehead atoms. The Morgan fingerprint density at radius 2 is 0.914 bits per heavy atom. The predicted molar refractivity (Wildman–Crippen MR) is 148 cm³/mol. The van der Waals surface area contributed by atoms with Gasteiger partial charge in [0.05, 0.1) is 0 Å². The Morgan fingerprint density at radius 1 is 0.457 bits per heavy atom. The maximum Gasteiger partial charge on any atom is 0.171 e. The maximum atomic E-state index is 15.3. The lowest BCUT2D eigenvalue weighted by Crippen LogP contribution is -2.25. The molecule has 0 aliphatic heterocycles. The zero-order valence-electron chi connectivity index (χ0n) is 19.0. The fraction of sp³-hybridized carbons (Fsp3) is 0. The highest BCUT2D eigenvalue weighted by Gasteiger charge is 2.32. The second kappa shape index (κ2) is 8.58. The summed E-state index contributed by atoms with van der Waals surface area (Å²) in [4.78, 5) is 0. The molecule has 0 aliphatic carbocycles. The topological polar surface area (TPSA) is 37.3 Å².